The highest BCUT2D eigenvalue weighted by Gasteiger charge is 2.50. The standard InChI is InChI=1S/C32H36ClF2N3O4S/c33-26-12-8-24(9-13-26)23-6-10-25(11-7-23)32(34,35)30(31(39)38-19-18-27(36)20-38)37-43(40,41)29-16-14-28(15-17-29)42-21-22-4-2-1-3-5-22/h6-17,22,27,30,37H,1-5,18-21,36H2/t27-,30+/m1/s1. The van der Waals surface area contributed by atoms with E-state index >= 15 is 8.78 Å². The lowest BCUT2D eigenvalue weighted by molar-refractivity contribution is -0.143. The van der Waals surface area contributed by atoms with Crippen LogP contribution in [0.15, 0.2) is 77.7 Å². The molecule has 5 rings (SSSR count). The number of carbonyl (C=O) groups is 1. The number of benzene rings is 3. The first-order valence-corrected chi connectivity index (χ1v) is 16.4. The predicted octanol–water partition coefficient (Wildman–Crippen LogP) is 5.96. The van der Waals surface area contributed by atoms with E-state index in [-0.39, 0.29) is 24.0 Å². The lowest BCUT2D eigenvalue weighted by atomic mass is 9.90. The number of amides is 1. The van der Waals surface area contributed by atoms with E-state index in [1.54, 1.807) is 24.3 Å². The quantitative estimate of drug-likeness (QED) is 0.287. The predicted molar refractivity (Wildman–Crippen MR) is 163 cm³/mol. The van der Waals surface area contributed by atoms with Crippen molar-refractivity contribution < 1.29 is 26.7 Å². The molecule has 2 fully saturated rings. The molecule has 7 nitrogen and oxygen atoms in total. The van der Waals surface area contributed by atoms with Crippen LogP contribution < -0.4 is 15.2 Å². The molecular weight excluding hydrogens is 596 g/mol. The first-order valence-electron chi connectivity index (χ1n) is 14.6. The molecule has 1 saturated carbocycles. The molecule has 1 saturated heterocycles. The van der Waals surface area contributed by atoms with Crippen molar-refractivity contribution in [3.05, 3.63) is 83.4 Å². The molecule has 43 heavy (non-hydrogen) atoms. The summed E-state index contributed by atoms with van der Waals surface area (Å²) in [5.74, 6) is -3.95. The van der Waals surface area contributed by atoms with Gasteiger partial charge >= 0.3 is 0 Å². The van der Waals surface area contributed by atoms with Crippen LogP contribution in [0.25, 0.3) is 11.1 Å². The highest BCUT2D eigenvalue weighted by atomic mass is 35.5. The zero-order valence-electron chi connectivity index (χ0n) is 23.7. The van der Waals surface area contributed by atoms with Crippen LogP contribution in [0.3, 0.4) is 0 Å². The number of hydrogen-bond donors (Lipinski definition) is 2. The molecule has 1 heterocycles. The summed E-state index contributed by atoms with van der Waals surface area (Å²) < 4.78 is 67.0. The summed E-state index contributed by atoms with van der Waals surface area (Å²) in [6.07, 6.45) is 6.23. The second-order valence-corrected chi connectivity index (χ2v) is 13.5. The largest absolute Gasteiger partial charge is 0.493 e. The fourth-order valence-corrected chi connectivity index (χ4v) is 6.97. The number of likely N-dealkylation sites (tertiary alicyclic amines) is 1. The van der Waals surface area contributed by atoms with E-state index in [2.05, 4.69) is 0 Å². The molecule has 0 aromatic heterocycles. The third-order valence-electron chi connectivity index (χ3n) is 8.21. The molecule has 3 aromatic carbocycles. The molecule has 0 unspecified atom stereocenters. The first kappa shape index (κ1) is 31.4. The number of nitrogens with one attached hydrogen (secondary N) is 1. The van der Waals surface area contributed by atoms with Gasteiger partial charge in [0.1, 0.15) is 5.75 Å². The van der Waals surface area contributed by atoms with Crippen LogP contribution in [-0.2, 0) is 20.7 Å². The van der Waals surface area contributed by atoms with Gasteiger partial charge in [0.15, 0.2) is 6.04 Å². The van der Waals surface area contributed by atoms with Crippen LogP contribution in [0.1, 0.15) is 44.1 Å². The summed E-state index contributed by atoms with van der Waals surface area (Å²) in [6.45, 7) is 0.772. The summed E-state index contributed by atoms with van der Waals surface area (Å²) in [6, 6.07) is 15.2. The average molecular weight is 632 g/mol. The lowest BCUT2D eigenvalue weighted by Gasteiger charge is -2.30. The van der Waals surface area contributed by atoms with Crippen LogP contribution in [0, 0.1) is 5.92 Å². The number of nitrogens with two attached hydrogens (primary N) is 1. The number of nitrogens with zero attached hydrogens (tertiary/aromatic N) is 1. The monoisotopic (exact) mass is 631 g/mol. The van der Waals surface area contributed by atoms with Gasteiger partial charge < -0.3 is 15.4 Å². The van der Waals surface area contributed by atoms with Gasteiger partial charge in [-0.15, -0.1) is 0 Å². The fraction of sp³-hybridized carbons (Fsp3) is 0.406. The number of ether oxygens (including phenoxy) is 1. The second-order valence-electron chi connectivity index (χ2n) is 11.4. The van der Waals surface area contributed by atoms with E-state index in [0.29, 0.717) is 35.3 Å². The van der Waals surface area contributed by atoms with Gasteiger partial charge in [0.25, 0.3) is 5.92 Å². The molecule has 11 heteroatoms. The van der Waals surface area contributed by atoms with Crippen LogP contribution >= 0.6 is 11.6 Å². The normalized spacial score (nSPS) is 18.9. The molecule has 0 bridgehead atoms. The Labute approximate surface area is 256 Å². The maximum Gasteiger partial charge on any atom is 0.298 e. The Bertz CT molecular complexity index is 1500. The molecule has 1 aliphatic carbocycles. The summed E-state index contributed by atoms with van der Waals surface area (Å²) in [5, 5.41) is 0.545. The zero-order chi connectivity index (χ0) is 30.6. The van der Waals surface area contributed by atoms with Gasteiger partial charge in [-0.05, 0) is 72.7 Å². The summed E-state index contributed by atoms with van der Waals surface area (Å²) in [4.78, 5) is 14.4. The minimum atomic E-state index is -4.52. The third-order valence-corrected chi connectivity index (χ3v) is 9.90. The summed E-state index contributed by atoms with van der Waals surface area (Å²) in [5.41, 5.74) is 6.86. The Balaban J connectivity index is 1.37. The Kier molecular flexibility index (Phi) is 9.70. The van der Waals surface area contributed by atoms with Crippen LogP contribution in [0.2, 0.25) is 5.02 Å². The van der Waals surface area contributed by atoms with Crippen molar-refractivity contribution in [2.45, 2.75) is 61.4 Å². The molecular formula is C32H36ClF2N3O4S. The Morgan fingerprint density at radius 2 is 1.56 bits per heavy atom. The molecule has 230 valence electrons. The molecule has 1 aliphatic heterocycles. The number of carbonyl (C=O) groups excluding carboxylic acids is 1. The number of hydrogen-bond acceptors (Lipinski definition) is 5. The van der Waals surface area contributed by atoms with Crippen molar-refractivity contribution in [2.75, 3.05) is 19.7 Å². The highest BCUT2D eigenvalue weighted by Crippen LogP contribution is 2.36. The van der Waals surface area contributed by atoms with Crippen LogP contribution in [0.4, 0.5) is 8.78 Å². The molecule has 1 amide bonds. The van der Waals surface area contributed by atoms with Gasteiger partial charge in [-0.3, -0.25) is 4.79 Å². The van der Waals surface area contributed by atoms with Crippen molar-refractivity contribution in [1.82, 2.24) is 9.62 Å². The van der Waals surface area contributed by atoms with Crippen molar-refractivity contribution in [2.24, 2.45) is 11.7 Å². The zero-order valence-corrected chi connectivity index (χ0v) is 25.3. The lowest BCUT2D eigenvalue weighted by Crippen LogP contribution is -2.56. The molecule has 0 radical (unpaired) electrons. The minimum absolute atomic E-state index is 0.0652. The Morgan fingerprint density at radius 1 is 0.953 bits per heavy atom. The van der Waals surface area contributed by atoms with Gasteiger partial charge in [0.05, 0.1) is 11.5 Å². The van der Waals surface area contributed by atoms with Gasteiger partial charge in [0, 0.05) is 29.7 Å². The van der Waals surface area contributed by atoms with E-state index in [1.165, 1.54) is 72.7 Å². The maximum atomic E-state index is 16.2. The second kappa shape index (κ2) is 13.3. The van der Waals surface area contributed by atoms with E-state index in [1.807, 2.05) is 4.72 Å². The Morgan fingerprint density at radius 3 is 2.14 bits per heavy atom. The minimum Gasteiger partial charge on any atom is -0.493 e. The number of alkyl halides is 2. The van der Waals surface area contributed by atoms with Crippen molar-refractivity contribution in [3.63, 3.8) is 0 Å². The van der Waals surface area contributed by atoms with Crippen molar-refractivity contribution in [1.29, 1.82) is 0 Å². The van der Waals surface area contributed by atoms with Crippen LogP contribution in [0.5, 0.6) is 5.75 Å². The molecule has 2 atom stereocenters. The van der Waals surface area contributed by atoms with Crippen molar-refractivity contribution >= 4 is 27.5 Å². The smallest absolute Gasteiger partial charge is 0.298 e. The van der Waals surface area contributed by atoms with Gasteiger partial charge in [0.2, 0.25) is 15.9 Å². The molecule has 3 aromatic rings. The Hall–Kier alpha value is -3.05. The maximum absolute atomic E-state index is 16.2. The van der Waals surface area contributed by atoms with E-state index < -0.39 is 33.5 Å². The van der Waals surface area contributed by atoms with Crippen LogP contribution in [-0.4, -0.2) is 51.0 Å². The topological polar surface area (TPSA) is 102 Å². The van der Waals surface area contributed by atoms with Crippen molar-refractivity contribution in [3.8, 4) is 16.9 Å². The van der Waals surface area contributed by atoms with Gasteiger partial charge in [-0.2, -0.15) is 13.5 Å². The average Bonchev–Trinajstić information content (AvgIpc) is 3.46. The number of sulfonamides is 1. The van der Waals surface area contributed by atoms with Gasteiger partial charge in [-0.25, -0.2) is 8.42 Å². The highest BCUT2D eigenvalue weighted by molar-refractivity contribution is 7.89. The SMILES string of the molecule is N[C@@H]1CCN(C(=O)[C@H](NS(=O)(=O)c2ccc(OCC3CCCCC3)cc2)C(F)(F)c2ccc(-c3ccc(Cl)cc3)cc2)C1. The van der Waals surface area contributed by atoms with E-state index in [4.69, 9.17) is 22.1 Å². The molecule has 3 N–H and O–H groups in total. The fourth-order valence-electron chi connectivity index (χ4n) is 5.65. The summed E-state index contributed by atoms with van der Waals surface area (Å²) >= 11 is 5.95. The summed E-state index contributed by atoms with van der Waals surface area (Å²) in [7, 11) is -4.52. The van der Waals surface area contributed by atoms with E-state index in [9.17, 15) is 13.2 Å². The third kappa shape index (κ3) is 7.55. The first-order chi connectivity index (χ1) is 20.5. The molecule has 2 aliphatic rings. The van der Waals surface area contributed by atoms with Gasteiger partial charge in [-0.1, -0.05) is 67.3 Å². The number of rotatable bonds is 10. The molecule has 0 spiro atoms. The van der Waals surface area contributed by atoms with E-state index in [0.717, 1.165) is 18.4 Å². The number of halogens is 3.